The minimum Gasteiger partial charge on any atom is -0.355 e. The van der Waals surface area contributed by atoms with Gasteiger partial charge in [-0.2, -0.15) is 5.10 Å². The number of amides is 1. The van der Waals surface area contributed by atoms with Crippen LogP contribution >= 0.6 is 0 Å². The van der Waals surface area contributed by atoms with Gasteiger partial charge in [-0.3, -0.25) is 4.79 Å². The quantitative estimate of drug-likeness (QED) is 0.554. The van der Waals surface area contributed by atoms with Crippen LogP contribution in [0.3, 0.4) is 0 Å². The molecule has 1 amide bonds. The van der Waals surface area contributed by atoms with Crippen molar-refractivity contribution in [2.75, 3.05) is 0 Å². The Balaban J connectivity index is 1.48. The number of rotatable bonds is 5. The van der Waals surface area contributed by atoms with Crippen LogP contribution in [0, 0.1) is 19.7 Å². The van der Waals surface area contributed by atoms with Crippen molar-refractivity contribution in [3.8, 4) is 17.0 Å². The summed E-state index contributed by atoms with van der Waals surface area (Å²) in [7, 11) is 0. The average molecular weight is 390 g/mol. The predicted molar refractivity (Wildman–Crippen MR) is 106 cm³/mol. The fourth-order valence-corrected chi connectivity index (χ4v) is 3.14. The molecule has 0 saturated heterocycles. The number of aromatic nitrogens is 3. The van der Waals surface area contributed by atoms with Gasteiger partial charge in [0, 0.05) is 29.4 Å². The Hall–Kier alpha value is -3.74. The van der Waals surface area contributed by atoms with E-state index >= 15 is 0 Å². The van der Waals surface area contributed by atoms with Gasteiger partial charge in [0.1, 0.15) is 5.82 Å². The second-order valence-electron chi connectivity index (χ2n) is 6.66. The first-order chi connectivity index (χ1) is 14.0. The lowest BCUT2D eigenvalue weighted by Gasteiger charge is -2.06. The molecule has 146 valence electrons. The molecule has 1 N–H and O–H groups in total. The van der Waals surface area contributed by atoms with Crippen LogP contribution in [-0.4, -0.2) is 20.8 Å². The number of nitrogens with one attached hydrogen (secondary N) is 1. The summed E-state index contributed by atoms with van der Waals surface area (Å²) in [6.07, 6.45) is 0. The smallest absolute Gasteiger partial charge is 0.273 e. The van der Waals surface area contributed by atoms with E-state index in [1.165, 1.54) is 18.2 Å². The number of carbonyl (C=O) groups excluding carboxylic acids is 1. The zero-order chi connectivity index (χ0) is 20.4. The predicted octanol–water partition coefficient (Wildman–Crippen LogP) is 4.21. The van der Waals surface area contributed by atoms with Crippen molar-refractivity contribution in [1.82, 2.24) is 20.3 Å². The van der Waals surface area contributed by atoms with Crippen LogP contribution in [-0.2, 0) is 6.54 Å². The van der Waals surface area contributed by atoms with Gasteiger partial charge in [-0.05, 0) is 50.2 Å². The average Bonchev–Trinajstić information content (AvgIpc) is 3.33. The van der Waals surface area contributed by atoms with Crippen molar-refractivity contribution in [1.29, 1.82) is 0 Å². The Morgan fingerprint density at radius 3 is 2.55 bits per heavy atom. The molecule has 6 nitrogen and oxygen atoms in total. The van der Waals surface area contributed by atoms with Crippen LogP contribution in [0.1, 0.15) is 27.4 Å². The second kappa shape index (κ2) is 7.71. The van der Waals surface area contributed by atoms with Crippen LogP contribution < -0.4 is 5.32 Å². The van der Waals surface area contributed by atoms with Crippen LogP contribution in [0.5, 0.6) is 0 Å². The number of nitrogens with zero attached hydrogens (tertiary/aromatic N) is 3. The molecule has 2 aromatic heterocycles. The van der Waals surface area contributed by atoms with Crippen LogP contribution in [0.15, 0.2) is 65.2 Å². The summed E-state index contributed by atoms with van der Waals surface area (Å²) in [6, 6.07) is 17.2. The molecule has 7 heteroatoms. The minimum absolute atomic E-state index is 0.162. The lowest BCUT2D eigenvalue weighted by atomic mass is 10.1. The van der Waals surface area contributed by atoms with Gasteiger partial charge in [-0.15, -0.1) is 0 Å². The molecule has 0 aliphatic rings. The van der Waals surface area contributed by atoms with E-state index in [0.717, 1.165) is 22.6 Å². The zero-order valence-corrected chi connectivity index (χ0v) is 16.0. The Morgan fingerprint density at radius 2 is 1.83 bits per heavy atom. The number of halogens is 1. The summed E-state index contributed by atoms with van der Waals surface area (Å²) < 4.78 is 20.1. The minimum atomic E-state index is -0.353. The molecule has 0 fully saturated rings. The second-order valence-corrected chi connectivity index (χ2v) is 6.66. The largest absolute Gasteiger partial charge is 0.355 e. The number of aryl methyl sites for hydroxylation is 1. The molecule has 4 aromatic rings. The Kier molecular flexibility index (Phi) is 4.95. The molecule has 2 heterocycles. The van der Waals surface area contributed by atoms with Gasteiger partial charge in [0.25, 0.3) is 5.91 Å². The van der Waals surface area contributed by atoms with Gasteiger partial charge in [-0.1, -0.05) is 23.4 Å². The van der Waals surface area contributed by atoms with Crippen molar-refractivity contribution in [2.24, 2.45) is 0 Å². The molecule has 0 spiro atoms. The van der Waals surface area contributed by atoms with Crippen LogP contribution in [0.4, 0.5) is 4.39 Å². The molecule has 0 bridgehead atoms. The summed E-state index contributed by atoms with van der Waals surface area (Å²) >= 11 is 0. The highest BCUT2D eigenvalue weighted by Crippen LogP contribution is 2.21. The first-order valence-electron chi connectivity index (χ1n) is 9.14. The monoisotopic (exact) mass is 390 g/mol. The highest BCUT2D eigenvalue weighted by Gasteiger charge is 2.17. The number of hydrogen-bond donors (Lipinski definition) is 1. The summed E-state index contributed by atoms with van der Waals surface area (Å²) in [5.41, 5.74) is 4.53. The van der Waals surface area contributed by atoms with E-state index in [4.69, 9.17) is 4.52 Å². The van der Waals surface area contributed by atoms with Crippen LogP contribution in [0.2, 0.25) is 0 Å². The Morgan fingerprint density at radius 1 is 1.10 bits per heavy atom. The maximum absolute atomic E-state index is 13.1. The summed E-state index contributed by atoms with van der Waals surface area (Å²) in [4.78, 5) is 12.5. The molecule has 0 aliphatic carbocycles. The van der Waals surface area contributed by atoms with Crippen molar-refractivity contribution in [2.45, 2.75) is 20.4 Å². The van der Waals surface area contributed by atoms with E-state index in [9.17, 15) is 9.18 Å². The maximum Gasteiger partial charge on any atom is 0.273 e. The van der Waals surface area contributed by atoms with E-state index in [2.05, 4.69) is 15.6 Å². The fraction of sp³-hybridized carbons (Fsp3) is 0.136. The molecule has 0 atom stereocenters. The molecular formula is C22H19FN4O2. The summed E-state index contributed by atoms with van der Waals surface area (Å²) in [6.45, 7) is 4.20. The number of benzene rings is 2. The molecule has 0 radical (unpaired) electrons. The lowest BCUT2D eigenvalue weighted by Crippen LogP contribution is -2.23. The third kappa shape index (κ3) is 3.80. The van der Waals surface area contributed by atoms with Gasteiger partial charge < -0.3 is 9.84 Å². The van der Waals surface area contributed by atoms with E-state index < -0.39 is 0 Å². The van der Waals surface area contributed by atoms with Crippen molar-refractivity contribution in [3.05, 3.63) is 89.1 Å². The van der Waals surface area contributed by atoms with Gasteiger partial charge >= 0.3 is 0 Å². The lowest BCUT2D eigenvalue weighted by molar-refractivity contribution is 0.0942. The summed E-state index contributed by atoms with van der Waals surface area (Å²) in [5, 5.41) is 11.3. The van der Waals surface area contributed by atoms with Crippen molar-refractivity contribution in [3.63, 3.8) is 0 Å². The molecule has 0 aliphatic heterocycles. The summed E-state index contributed by atoms with van der Waals surface area (Å²) in [5.74, 6) is -0.291. The highest BCUT2D eigenvalue weighted by atomic mass is 19.1. The molecule has 0 unspecified atom stereocenters. The highest BCUT2D eigenvalue weighted by molar-refractivity contribution is 5.93. The topological polar surface area (TPSA) is 73.0 Å². The third-order valence-electron chi connectivity index (χ3n) is 4.74. The van der Waals surface area contributed by atoms with Gasteiger partial charge in [0.2, 0.25) is 0 Å². The first kappa shape index (κ1) is 18.6. The zero-order valence-electron chi connectivity index (χ0n) is 16.0. The Bertz CT molecular complexity index is 1150. The van der Waals surface area contributed by atoms with Crippen LogP contribution in [0.25, 0.3) is 17.0 Å². The van der Waals surface area contributed by atoms with Crippen molar-refractivity contribution < 1.29 is 13.7 Å². The molecule has 2 aromatic carbocycles. The van der Waals surface area contributed by atoms with E-state index in [-0.39, 0.29) is 17.4 Å². The van der Waals surface area contributed by atoms with Gasteiger partial charge in [0.15, 0.2) is 11.5 Å². The van der Waals surface area contributed by atoms with E-state index in [1.807, 2.05) is 48.9 Å². The molecule has 0 saturated carbocycles. The number of para-hydroxylation sites is 1. The molecular weight excluding hydrogens is 371 g/mol. The van der Waals surface area contributed by atoms with Crippen molar-refractivity contribution >= 4 is 5.91 Å². The fourth-order valence-electron chi connectivity index (χ4n) is 3.14. The maximum atomic E-state index is 13.1. The van der Waals surface area contributed by atoms with Gasteiger partial charge in [0.05, 0.1) is 11.4 Å². The van der Waals surface area contributed by atoms with E-state index in [1.54, 1.807) is 12.1 Å². The first-order valence-corrected chi connectivity index (χ1v) is 9.14. The van der Waals surface area contributed by atoms with E-state index in [0.29, 0.717) is 17.9 Å². The molecule has 29 heavy (non-hydrogen) atoms. The third-order valence-corrected chi connectivity index (χ3v) is 4.74. The SMILES string of the molecule is Cc1nn(-c2ccccc2)c(C)c1CNC(=O)c1cc(-c2ccc(F)cc2)on1. The molecule has 4 rings (SSSR count). The number of hydrogen-bond acceptors (Lipinski definition) is 4. The normalized spacial score (nSPS) is 10.9. The Labute approximate surface area is 167 Å². The standard InChI is InChI=1S/C22H19FN4O2/c1-14-19(15(2)27(25-14)18-6-4-3-5-7-18)13-24-22(28)20-12-21(29-26-20)16-8-10-17(23)11-9-16/h3-12H,13H2,1-2H3,(H,24,28). The van der Waals surface area contributed by atoms with Gasteiger partial charge in [-0.25, -0.2) is 9.07 Å². The number of carbonyl (C=O) groups is 1.